The average Bonchev–Trinajstić information content (AvgIpc) is 2.81. The van der Waals surface area contributed by atoms with E-state index in [1.165, 1.54) is 0 Å². The molecule has 1 aromatic carbocycles. The van der Waals surface area contributed by atoms with Crippen LogP contribution in [0.2, 0.25) is 0 Å². The molecule has 20 heavy (non-hydrogen) atoms. The minimum absolute atomic E-state index is 0.248. The Morgan fingerprint density at radius 1 is 1.35 bits per heavy atom. The smallest absolute Gasteiger partial charge is 0.335 e. The largest absolute Gasteiger partial charge is 0.478 e. The summed E-state index contributed by atoms with van der Waals surface area (Å²) < 4.78 is 1.73. The summed E-state index contributed by atoms with van der Waals surface area (Å²) in [7, 11) is 0. The Hall–Kier alpha value is -2.21. The van der Waals surface area contributed by atoms with Crippen molar-refractivity contribution in [2.75, 3.05) is 0 Å². The van der Waals surface area contributed by atoms with E-state index in [2.05, 4.69) is 24.2 Å². The Labute approximate surface area is 117 Å². The highest BCUT2D eigenvalue weighted by atomic mass is 16.4. The Kier molecular flexibility index (Phi) is 4.14. The normalized spacial score (nSPS) is 11.0. The summed E-state index contributed by atoms with van der Waals surface area (Å²) in [5.74, 6) is -0.490. The molecule has 0 atom stereocenters. The first-order valence-electron chi connectivity index (χ1n) is 6.50. The van der Waals surface area contributed by atoms with Crippen LogP contribution in [0.5, 0.6) is 0 Å². The van der Waals surface area contributed by atoms with Crippen LogP contribution in [0.25, 0.3) is 5.69 Å². The first-order chi connectivity index (χ1) is 9.52. The number of rotatable bonds is 5. The molecule has 0 aliphatic carbocycles. The van der Waals surface area contributed by atoms with E-state index in [-0.39, 0.29) is 5.56 Å². The quantitative estimate of drug-likeness (QED) is 0.864. The Balaban J connectivity index is 2.41. The Morgan fingerprint density at radius 3 is 2.50 bits per heavy atom. The fraction of sp³-hybridized carbons (Fsp3) is 0.357. The second kappa shape index (κ2) is 5.83. The second-order valence-corrected chi connectivity index (χ2v) is 5.05. The van der Waals surface area contributed by atoms with Crippen molar-refractivity contribution in [2.45, 2.75) is 26.8 Å². The number of nitrogens with two attached hydrogens (primary N) is 1. The molecule has 0 saturated carbocycles. The zero-order valence-corrected chi connectivity index (χ0v) is 11.6. The average molecular weight is 274 g/mol. The minimum Gasteiger partial charge on any atom is -0.478 e. The van der Waals surface area contributed by atoms with E-state index in [1.54, 1.807) is 28.9 Å². The lowest BCUT2D eigenvalue weighted by Gasteiger charge is -2.10. The van der Waals surface area contributed by atoms with Gasteiger partial charge in [0, 0.05) is 6.54 Å². The highest BCUT2D eigenvalue weighted by molar-refractivity contribution is 5.87. The van der Waals surface area contributed by atoms with E-state index in [0.717, 1.165) is 23.5 Å². The molecule has 2 rings (SSSR count). The summed E-state index contributed by atoms with van der Waals surface area (Å²) in [6, 6.07) is 6.56. The van der Waals surface area contributed by atoms with Gasteiger partial charge in [0.15, 0.2) is 0 Å². The molecule has 106 valence electrons. The van der Waals surface area contributed by atoms with Gasteiger partial charge in [0.2, 0.25) is 0 Å². The van der Waals surface area contributed by atoms with Crippen molar-refractivity contribution in [3.63, 3.8) is 0 Å². The molecule has 0 aliphatic rings. The first kappa shape index (κ1) is 14.2. The van der Waals surface area contributed by atoms with E-state index < -0.39 is 5.97 Å². The van der Waals surface area contributed by atoms with Crippen LogP contribution in [0.4, 0.5) is 0 Å². The molecule has 6 nitrogen and oxygen atoms in total. The van der Waals surface area contributed by atoms with Gasteiger partial charge in [-0.25, -0.2) is 9.48 Å². The predicted molar refractivity (Wildman–Crippen MR) is 74.8 cm³/mol. The third-order valence-electron chi connectivity index (χ3n) is 3.00. The molecule has 2 aromatic rings. The van der Waals surface area contributed by atoms with Crippen molar-refractivity contribution in [2.24, 2.45) is 11.7 Å². The zero-order valence-electron chi connectivity index (χ0n) is 11.6. The Bertz CT molecular complexity index is 602. The van der Waals surface area contributed by atoms with Crippen LogP contribution in [-0.4, -0.2) is 26.1 Å². The number of hydrogen-bond acceptors (Lipinski definition) is 4. The minimum atomic E-state index is -0.944. The SMILES string of the molecule is CC(C)Cc1c(CN)nnn1-c1ccc(C(=O)O)cc1. The van der Waals surface area contributed by atoms with Crippen molar-refractivity contribution < 1.29 is 9.90 Å². The van der Waals surface area contributed by atoms with Gasteiger partial charge in [0.05, 0.1) is 22.6 Å². The second-order valence-electron chi connectivity index (χ2n) is 5.05. The van der Waals surface area contributed by atoms with Gasteiger partial charge >= 0.3 is 5.97 Å². The summed E-state index contributed by atoms with van der Waals surface area (Å²) in [5.41, 5.74) is 8.48. The summed E-state index contributed by atoms with van der Waals surface area (Å²) in [4.78, 5) is 10.9. The fourth-order valence-corrected chi connectivity index (χ4v) is 2.03. The van der Waals surface area contributed by atoms with Gasteiger partial charge in [-0.15, -0.1) is 5.10 Å². The van der Waals surface area contributed by atoms with Crippen molar-refractivity contribution in [1.29, 1.82) is 0 Å². The summed E-state index contributed by atoms with van der Waals surface area (Å²) in [6.45, 7) is 4.57. The van der Waals surface area contributed by atoms with E-state index in [4.69, 9.17) is 10.8 Å². The molecule has 0 saturated heterocycles. The molecule has 1 heterocycles. The number of benzene rings is 1. The fourth-order valence-electron chi connectivity index (χ4n) is 2.03. The number of aromatic carboxylic acids is 1. The van der Waals surface area contributed by atoms with Gasteiger partial charge in [-0.2, -0.15) is 0 Å². The molecule has 6 heteroatoms. The standard InChI is InChI=1S/C14H18N4O2/c1-9(2)7-13-12(8-15)16-17-18(13)11-5-3-10(4-6-11)14(19)20/h3-6,9H,7-8,15H2,1-2H3,(H,19,20). The monoisotopic (exact) mass is 274 g/mol. The predicted octanol–water partition coefficient (Wildman–Crippen LogP) is 1.62. The van der Waals surface area contributed by atoms with Crippen LogP contribution < -0.4 is 5.73 Å². The van der Waals surface area contributed by atoms with Crippen LogP contribution in [0.1, 0.15) is 35.6 Å². The molecule has 0 radical (unpaired) electrons. The van der Waals surface area contributed by atoms with Crippen molar-refractivity contribution in [3.8, 4) is 5.69 Å². The highest BCUT2D eigenvalue weighted by Crippen LogP contribution is 2.17. The van der Waals surface area contributed by atoms with Crippen molar-refractivity contribution in [1.82, 2.24) is 15.0 Å². The molecule has 3 N–H and O–H groups in total. The maximum Gasteiger partial charge on any atom is 0.335 e. The van der Waals surface area contributed by atoms with Crippen LogP contribution >= 0.6 is 0 Å². The number of aromatic nitrogens is 3. The maximum absolute atomic E-state index is 10.9. The van der Waals surface area contributed by atoms with Crippen LogP contribution in [0, 0.1) is 5.92 Å². The molecular formula is C14H18N4O2. The van der Waals surface area contributed by atoms with Gasteiger partial charge in [-0.1, -0.05) is 19.1 Å². The third kappa shape index (κ3) is 2.85. The number of carboxylic acid groups (broad SMARTS) is 1. The summed E-state index contributed by atoms with van der Waals surface area (Å²) in [6.07, 6.45) is 0.820. The van der Waals surface area contributed by atoms with Gasteiger partial charge in [-0.05, 0) is 36.6 Å². The van der Waals surface area contributed by atoms with Crippen LogP contribution in [0.15, 0.2) is 24.3 Å². The lowest BCUT2D eigenvalue weighted by molar-refractivity contribution is 0.0697. The topological polar surface area (TPSA) is 94.0 Å². The van der Waals surface area contributed by atoms with Crippen LogP contribution in [0.3, 0.4) is 0 Å². The molecule has 0 bridgehead atoms. The molecular weight excluding hydrogens is 256 g/mol. The Morgan fingerprint density at radius 2 is 2.00 bits per heavy atom. The summed E-state index contributed by atoms with van der Waals surface area (Å²) in [5, 5.41) is 17.1. The van der Waals surface area contributed by atoms with E-state index in [0.29, 0.717) is 12.5 Å². The number of carbonyl (C=O) groups is 1. The van der Waals surface area contributed by atoms with Crippen LogP contribution in [-0.2, 0) is 13.0 Å². The van der Waals surface area contributed by atoms with Crippen molar-refractivity contribution >= 4 is 5.97 Å². The maximum atomic E-state index is 10.9. The molecule has 0 amide bonds. The molecule has 0 aliphatic heterocycles. The highest BCUT2D eigenvalue weighted by Gasteiger charge is 2.14. The molecule has 1 aromatic heterocycles. The first-order valence-corrected chi connectivity index (χ1v) is 6.50. The number of hydrogen-bond donors (Lipinski definition) is 2. The van der Waals surface area contributed by atoms with Gasteiger partial charge < -0.3 is 10.8 Å². The van der Waals surface area contributed by atoms with E-state index in [1.807, 2.05) is 0 Å². The zero-order chi connectivity index (χ0) is 14.7. The molecule has 0 fully saturated rings. The lowest BCUT2D eigenvalue weighted by atomic mass is 10.1. The number of nitrogens with zero attached hydrogens (tertiary/aromatic N) is 3. The molecule has 0 unspecified atom stereocenters. The van der Waals surface area contributed by atoms with E-state index >= 15 is 0 Å². The van der Waals surface area contributed by atoms with Gasteiger partial charge in [-0.3, -0.25) is 0 Å². The van der Waals surface area contributed by atoms with Crippen molar-refractivity contribution in [3.05, 3.63) is 41.2 Å². The molecule has 0 spiro atoms. The van der Waals surface area contributed by atoms with Gasteiger partial charge in [0.1, 0.15) is 0 Å². The van der Waals surface area contributed by atoms with E-state index in [9.17, 15) is 4.79 Å². The van der Waals surface area contributed by atoms with Gasteiger partial charge in [0.25, 0.3) is 0 Å². The summed E-state index contributed by atoms with van der Waals surface area (Å²) >= 11 is 0. The third-order valence-corrected chi connectivity index (χ3v) is 3.00. The lowest BCUT2D eigenvalue weighted by Crippen LogP contribution is -2.09. The number of carboxylic acids is 1.